The molecular weight excluding hydrogens is 248 g/mol. The van der Waals surface area contributed by atoms with Crippen LogP contribution in [0.4, 0.5) is 5.82 Å². The average molecular weight is 276 g/mol. The summed E-state index contributed by atoms with van der Waals surface area (Å²) in [6.45, 7) is 8.55. The lowest BCUT2D eigenvalue weighted by Gasteiger charge is -2.29. The van der Waals surface area contributed by atoms with Crippen molar-refractivity contribution in [3.8, 4) is 0 Å². The van der Waals surface area contributed by atoms with Crippen LogP contribution < -0.4 is 10.6 Å². The van der Waals surface area contributed by atoms with E-state index in [1.54, 1.807) is 0 Å². The molecule has 1 unspecified atom stereocenters. The minimum absolute atomic E-state index is 0.676. The molecule has 0 aromatic carbocycles. The van der Waals surface area contributed by atoms with E-state index in [9.17, 15) is 0 Å². The number of anilines is 1. The lowest BCUT2D eigenvalue weighted by atomic mass is 10.1. The van der Waals surface area contributed by atoms with Crippen molar-refractivity contribution in [2.45, 2.75) is 39.2 Å². The highest BCUT2D eigenvalue weighted by Gasteiger charge is 2.24. The normalized spacial score (nSPS) is 19.5. The largest absolute Gasteiger partial charge is 0.358 e. The SMILES string of the molecule is CCN1CCCC1CN(C)c1ncc(CCN)cc1C. The van der Waals surface area contributed by atoms with Gasteiger partial charge in [-0.25, -0.2) is 4.98 Å². The van der Waals surface area contributed by atoms with Crippen LogP contribution in [0.1, 0.15) is 30.9 Å². The highest BCUT2D eigenvalue weighted by atomic mass is 15.2. The number of aryl methyl sites for hydroxylation is 1. The minimum Gasteiger partial charge on any atom is -0.358 e. The van der Waals surface area contributed by atoms with E-state index in [0.717, 1.165) is 25.3 Å². The van der Waals surface area contributed by atoms with Gasteiger partial charge < -0.3 is 10.6 Å². The summed E-state index contributed by atoms with van der Waals surface area (Å²) in [4.78, 5) is 9.53. The quantitative estimate of drug-likeness (QED) is 0.861. The van der Waals surface area contributed by atoms with E-state index in [1.165, 1.54) is 30.5 Å². The lowest BCUT2D eigenvalue weighted by Crippen LogP contribution is -2.39. The van der Waals surface area contributed by atoms with E-state index < -0.39 is 0 Å². The molecule has 1 saturated heterocycles. The number of likely N-dealkylation sites (tertiary alicyclic amines) is 1. The molecule has 0 amide bonds. The fraction of sp³-hybridized carbons (Fsp3) is 0.688. The van der Waals surface area contributed by atoms with Gasteiger partial charge >= 0.3 is 0 Å². The maximum atomic E-state index is 5.60. The van der Waals surface area contributed by atoms with Gasteiger partial charge in [0.15, 0.2) is 0 Å². The highest BCUT2D eigenvalue weighted by molar-refractivity contribution is 5.47. The van der Waals surface area contributed by atoms with Crippen molar-refractivity contribution in [1.29, 1.82) is 0 Å². The Morgan fingerprint density at radius 1 is 1.50 bits per heavy atom. The third-order valence-corrected chi connectivity index (χ3v) is 4.29. The Morgan fingerprint density at radius 2 is 2.30 bits per heavy atom. The van der Waals surface area contributed by atoms with Gasteiger partial charge in [0.25, 0.3) is 0 Å². The van der Waals surface area contributed by atoms with Crippen LogP contribution in [0.3, 0.4) is 0 Å². The van der Waals surface area contributed by atoms with Crippen LogP contribution in [-0.2, 0) is 6.42 Å². The molecule has 2 N–H and O–H groups in total. The standard InChI is InChI=1S/C16H28N4/c1-4-20-9-5-6-15(20)12-19(3)16-13(2)10-14(7-8-17)11-18-16/h10-11,15H,4-9,12,17H2,1-3H3. The van der Waals surface area contributed by atoms with Crippen LogP contribution in [0.15, 0.2) is 12.3 Å². The molecule has 2 heterocycles. The van der Waals surface area contributed by atoms with Crippen molar-refractivity contribution in [3.63, 3.8) is 0 Å². The first kappa shape index (κ1) is 15.3. The van der Waals surface area contributed by atoms with Gasteiger partial charge in [0.1, 0.15) is 5.82 Å². The zero-order valence-electron chi connectivity index (χ0n) is 13.1. The fourth-order valence-corrected chi connectivity index (χ4v) is 3.25. The van der Waals surface area contributed by atoms with Crippen molar-refractivity contribution in [2.24, 2.45) is 5.73 Å². The minimum atomic E-state index is 0.676. The van der Waals surface area contributed by atoms with Crippen molar-refractivity contribution >= 4 is 5.82 Å². The van der Waals surface area contributed by atoms with Gasteiger partial charge in [-0.05, 0) is 56.9 Å². The first-order valence-electron chi connectivity index (χ1n) is 7.76. The third-order valence-electron chi connectivity index (χ3n) is 4.29. The van der Waals surface area contributed by atoms with Crippen LogP contribution in [0.2, 0.25) is 0 Å². The summed E-state index contributed by atoms with van der Waals surface area (Å²) in [7, 11) is 2.16. The van der Waals surface area contributed by atoms with Gasteiger partial charge in [-0.1, -0.05) is 13.0 Å². The first-order valence-corrected chi connectivity index (χ1v) is 7.76. The number of aromatic nitrogens is 1. The molecule has 1 atom stereocenters. The van der Waals surface area contributed by atoms with Gasteiger partial charge in [0.05, 0.1) is 0 Å². The van der Waals surface area contributed by atoms with E-state index in [-0.39, 0.29) is 0 Å². The Bertz CT molecular complexity index is 432. The number of likely N-dealkylation sites (N-methyl/N-ethyl adjacent to an activating group) is 2. The second kappa shape index (κ2) is 7.04. The Hall–Kier alpha value is -1.13. The Kier molecular flexibility index (Phi) is 5.38. The number of hydrogen-bond acceptors (Lipinski definition) is 4. The zero-order valence-corrected chi connectivity index (χ0v) is 13.1. The van der Waals surface area contributed by atoms with Crippen molar-refractivity contribution in [1.82, 2.24) is 9.88 Å². The molecule has 0 radical (unpaired) electrons. The molecule has 0 spiro atoms. The number of nitrogens with two attached hydrogens (primary N) is 1. The molecule has 0 bridgehead atoms. The molecule has 20 heavy (non-hydrogen) atoms. The fourth-order valence-electron chi connectivity index (χ4n) is 3.25. The molecule has 1 aromatic heterocycles. The Labute approximate surface area is 123 Å². The van der Waals surface area contributed by atoms with Gasteiger partial charge in [0, 0.05) is 25.8 Å². The molecule has 4 nitrogen and oxygen atoms in total. The van der Waals surface area contributed by atoms with E-state index in [1.807, 2.05) is 6.20 Å². The third kappa shape index (κ3) is 3.49. The summed E-state index contributed by atoms with van der Waals surface area (Å²) >= 11 is 0. The monoisotopic (exact) mass is 276 g/mol. The van der Waals surface area contributed by atoms with Gasteiger partial charge in [0.2, 0.25) is 0 Å². The smallest absolute Gasteiger partial charge is 0.131 e. The van der Waals surface area contributed by atoms with E-state index in [0.29, 0.717) is 12.6 Å². The average Bonchev–Trinajstić information content (AvgIpc) is 2.86. The van der Waals surface area contributed by atoms with E-state index in [4.69, 9.17) is 5.73 Å². The second-order valence-corrected chi connectivity index (χ2v) is 5.83. The lowest BCUT2D eigenvalue weighted by molar-refractivity contribution is 0.270. The van der Waals surface area contributed by atoms with Crippen molar-refractivity contribution in [2.75, 3.05) is 38.1 Å². The summed E-state index contributed by atoms with van der Waals surface area (Å²) in [6, 6.07) is 2.90. The van der Waals surface area contributed by atoms with Gasteiger partial charge in [-0.2, -0.15) is 0 Å². The maximum absolute atomic E-state index is 5.60. The number of rotatable bonds is 6. The summed E-state index contributed by atoms with van der Waals surface area (Å²) in [5, 5.41) is 0. The first-order chi connectivity index (χ1) is 9.65. The summed E-state index contributed by atoms with van der Waals surface area (Å²) in [5.74, 6) is 1.11. The molecule has 1 aliphatic heterocycles. The molecule has 112 valence electrons. The van der Waals surface area contributed by atoms with Crippen LogP contribution in [0.25, 0.3) is 0 Å². The molecule has 1 fully saturated rings. The van der Waals surface area contributed by atoms with Crippen molar-refractivity contribution < 1.29 is 0 Å². The predicted molar refractivity (Wildman–Crippen MR) is 85.3 cm³/mol. The summed E-state index contributed by atoms with van der Waals surface area (Å²) in [5.41, 5.74) is 8.09. The highest BCUT2D eigenvalue weighted by Crippen LogP contribution is 2.22. The molecule has 0 aliphatic carbocycles. The van der Waals surface area contributed by atoms with Crippen LogP contribution >= 0.6 is 0 Å². The predicted octanol–water partition coefficient (Wildman–Crippen LogP) is 1.81. The molecule has 1 aromatic rings. The number of nitrogens with zero attached hydrogens (tertiary/aromatic N) is 3. The topological polar surface area (TPSA) is 45.4 Å². The molecule has 0 saturated carbocycles. The van der Waals surface area contributed by atoms with Crippen molar-refractivity contribution in [3.05, 3.63) is 23.4 Å². The van der Waals surface area contributed by atoms with E-state index >= 15 is 0 Å². The number of pyridine rings is 1. The van der Waals surface area contributed by atoms with Gasteiger partial charge in [-0.3, -0.25) is 4.90 Å². The Morgan fingerprint density at radius 3 is 2.95 bits per heavy atom. The van der Waals surface area contributed by atoms with Crippen LogP contribution in [0.5, 0.6) is 0 Å². The van der Waals surface area contributed by atoms with E-state index in [2.05, 4.69) is 41.7 Å². The van der Waals surface area contributed by atoms with Gasteiger partial charge in [-0.15, -0.1) is 0 Å². The number of hydrogen-bond donors (Lipinski definition) is 1. The molecule has 1 aliphatic rings. The molecule has 2 rings (SSSR count). The summed E-state index contributed by atoms with van der Waals surface area (Å²) in [6.07, 6.45) is 5.51. The van der Waals surface area contributed by atoms with Crippen LogP contribution in [0, 0.1) is 6.92 Å². The zero-order chi connectivity index (χ0) is 14.5. The van der Waals surface area contributed by atoms with Crippen LogP contribution in [-0.4, -0.2) is 49.2 Å². The Balaban J connectivity index is 2.03. The molecule has 4 heteroatoms. The molecular formula is C16H28N4. The summed E-state index contributed by atoms with van der Waals surface area (Å²) < 4.78 is 0. The maximum Gasteiger partial charge on any atom is 0.131 e. The second-order valence-electron chi connectivity index (χ2n) is 5.83.